The molecule has 6 nitrogen and oxygen atoms in total. The number of benzene rings is 2. The van der Waals surface area contributed by atoms with Crippen molar-refractivity contribution in [1.82, 2.24) is 4.31 Å². The van der Waals surface area contributed by atoms with E-state index in [1.807, 2.05) is 0 Å². The molecule has 0 saturated carbocycles. The summed E-state index contributed by atoms with van der Waals surface area (Å²) in [6.45, 7) is 0.429. The first-order valence-electron chi connectivity index (χ1n) is 8.49. The second-order valence-corrected chi connectivity index (χ2v) is 9.16. The van der Waals surface area contributed by atoms with Gasteiger partial charge in [0.05, 0.1) is 30.5 Å². The van der Waals surface area contributed by atoms with Crippen LogP contribution in [0.15, 0.2) is 47.4 Å². The van der Waals surface area contributed by atoms with Gasteiger partial charge in [0.2, 0.25) is 10.0 Å². The minimum Gasteiger partial charge on any atom is -0.497 e. The standard InChI is InChI=1S/C19H18ClNO5S/c1-25-14-4-7-18-16(10-14)17(22)11-19(26-18)8-9-21(12-19)27(23,24)15-5-2-13(20)3-6-15/h2-7,10H,8-9,11-12H2,1H3. The van der Waals surface area contributed by atoms with Crippen molar-refractivity contribution in [1.29, 1.82) is 0 Å². The number of nitrogens with zero attached hydrogens (tertiary/aromatic N) is 1. The van der Waals surface area contributed by atoms with Crippen molar-refractivity contribution in [3.05, 3.63) is 53.1 Å². The molecule has 0 aromatic heterocycles. The van der Waals surface area contributed by atoms with Crippen molar-refractivity contribution in [2.75, 3.05) is 20.2 Å². The van der Waals surface area contributed by atoms with Crippen LogP contribution in [0.25, 0.3) is 0 Å². The van der Waals surface area contributed by atoms with Gasteiger partial charge < -0.3 is 9.47 Å². The predicted octanol–water partition coefficient (Wildman–Crippen LogP) is 3.15. The Bertz CT molecular complexity index is 1010. The molecule has 1 unspecified atom stereocenters. The van der Waals surface area contributed by atoms with E-state index < -0.39 is 15.6 Å². The van der Waals surface area contributed by atoms with E-state index >= 15 is 0 Å². The summed E-state index contributed by atoms with van der Waals surface area (Å²) in [4.78, 5) is 12.8. The van der Waals surface area contributed by atoms with Gasteiger partial charge >= 0.3 is 0 Å². The number of carbonyl (C=O) groups excluding carboxylic acids is 1. The molecule has 1 spiro atoms. The number of sulfonamides is 1. The molecule has 0 amide bonds. The normalized spacial score (nSPS) is 22.5. The highest BCUT2D eigenvalue weighted by atomic mass is 35.5. The van der Waals surface area contributed by atoms with Gasteiger partial charge in [0.1, 0.15) is 17.1 Å². The molecule has 2 aliphatic rings. The molecule has 0 radical (unpaired) electrons. The van der Waals surface area contributed by atoms with Crippen molar-refractivity contribution in [2.45, 2.75) is 23.3 Å². The van der Waals surface area contributed by atoms with E-state index in [1.54, 1.807) is 30.3 Å². The van der Waals surface area contributed by atoms with Crippen molar-refractivity contribution < 1.29 is 22.7 Å². The van der Waals surface area contributed by atoms with E-state index in [2.05, 4.69) is 0 Å². The van der Waals surface area contributed by atoms with Gasteiger partial charge in [0, 0.05) is 18.0 Å². The Balaban J connectivity index is 1.60. The van der Waals surface area contributed by atoms with Crippen LogP contribution in [0.2, 0.25) is 5.02 Å². The average Bonchev–Trinajstić information content (AvgIpc) is 3.06. The molecule has 0 bridgehead atoms. The zero-order valence-corrected chi connectivity index (χ0v) is 16.2. The molecule has 2 heterocycles. The number of Topliss-reactive ketones (excluding diaryl/α,β-unsaturated/α-hetero) is 1. The first-order chi connectivity index (χ1) is 12.8. The van der Waals surface area contributed by atoms with E-state index in [1.165, 1.54) is 23.5 Å². The number of carbonyl (C=O) groups is 1. The Morgan fingerprint density at radius 3 is 2.63 bits per heavy atom. The maximum Gasteiger partial charge on any atom is 0.243 e. The van der Waals surface area contributed by atoms with Crippen molar-refractivity contribution in [3.8, 4) is 11.5 Å². The quantitative estimate of drug-likeness (QED) is 0.781. The van der Waals surface area contributed by atoms with E-state index in [9.17, 15) is 13.2 Å². The summed E-state index contributed by atoms with van der Waals surface area (Å²) >= 11 is 5.85. The van der Waals surface area contributed by atoms with Gasteiger partial charge in [-0.05, 0) is 42.5 Å². The van der Waals surface area contributed by atoms with Gasteiger partial charge in [0.15, 0.2) is 5.78 Å². The number of fused-ring (bicyclic) bond motifs is 1. The van der Waals surface area contributed by atoms with Crippen LogP contribution in [0.3, 0.4) is 0 Å². The van der Waals surface area contributed by atoms with Crippen LogP contribution >= 0.6 is 11.6 Å². The van der Waals surface area contributed by atoms with Crippen LogP contribution in [-0.4, -0.2) is 44.3 Å². The van der Waals surface area contributed by atoms with Gasteiger partial charge in [-0.3, -0.25) is 4.79 Å². The SMILES string of the molecule is COc1ccc2c(c1)C(=O)CC1(CCN(S(=O)(=O)c3ccc(Cl)cc3)C1)O2. The average molecular weight is 408 g/mol. The molecule has 1 saturated heterocycles. The summed E-state index contributed by atoms with van der Waals surface area (Å²) in [7, 11) is -2.14. The topological polar surface area (TPSA) is 72.9 Å². The van der Waals surface area contributed by atoms with E-state index in [4.69, 9.17) is 21.1 Å². The number of ketones is 1. The van der Waals surface area contributed by atoms with Crippen LogP contribution in [0.5, 0.6) is 11.5 Å². The monoisotopic (exact) mass is 407 g/mol. The fraction of sp³-hybridized carbons (Fsp3) is 0.316. The highest BCUT2D eigenvalue weighted by molar-refractivity contribution is 7.89. The maximum atomic E-state index is 12.9. The summed E-state index contributed by atoms with van der Waals surface area (Å²) in [5, 5.41) is 0.472. The van der Waals surface area contributed by atoms with E-state index in [0.29, 0.717) is 35.1 Å². The lowest BCUT2D eigenvalue weighted by Crippen LogP contribution is -2.45. The second kappa shape index (κ2) is 6.51. The van der Waals surface area contributed by atoms with Gasteiger partial charge in [-0.15, -0.1) is 0 Å². The lowest BCUT2D eigenvalue weighted by molar-refractivity contribution is 0.0497. The fourth-order valence-electron chi connectivity index (χ4n) is 3.60. The lowest BCUT2D eigenvalue weighted by Gasteiger charge is -2.34. The first kappa shape index (κ1) is 18.3. The van der Waals surface area contributed by atoms with Gasteiger partial charge in [-0.1, -0.05) is 11.6 Å². The zero-order chi connectivity index (χ0) is 19.2. The number of rotatable bonds is 3. The van der Waals surface area contributed by atoms with Crippen LogP contribution in [0.4, 0.5) is 0 Å². The largest absolute Gasteiger partial charge is 0.497 e. The Kier molecular flexibility index (Phi) is 4.41. The molecule has 2 aromatic rings. The van der Waals surface area contributed by atoms with Crippen LogP contribution < -0.4 is 9.47 Å². The Morgan fingerprint density at radius 2 is 1.93 bits per heavy atom. The number of hydrogen-bond acceptors (Lipinski definition) is 5. The van der Waals surface area contributed by atoms with Crippen molar-refractivity contribution in [3.63, 3.8) is 0 Å². The third-order valence-corrected chi connectivity index (χ3v) is 7.14. The highest BCUT2D eigenvalue weighted by Gasteiger charge is 2.49. The summed E-state index contributed by atoms with van der Waals surface area (Å²) in [6, 6.07) is 11.1. The van der Waals surface area contributed by atoms with Crippen molar-refractivity contribution >= 4 is 27.4 Å². The number of halogens is 1. The Labute approximate surface area is 162 Å². The van der Waals surface area contributed by atoms with Gasteiger partial charge in [-0.25, -0.2) is 8.42 Å². The number of methoxy groups -OCH3 is 1. The van der Waals surface area contributed by atoms with Crippen molar-refractivity contribution in [2.24, 2.45) is 0 Å². The van der Waals surface area contributed by atoms with Crippen LogP contribution in [0, 0.1) is 0 Å². The third kappa shape index (κ3) is 3.20. The highest BCUT2D eigenvalue weighted by Crippen LogP contribution is 2.41. The minimum atomic E-state index is -3.67. The molecule has 2 aliphatic heterocycles. The Hall–Kier alpha value is -2.09. The molecule has 142 valence electrons. The zero-order valence-electron chi connectivity index (χ0n) is 14.6. The Morgan fingerprint density at radius 1 is 1.19 bits per heavy atom. The van der Waals surface area contributed by atoms with Gasteiger partial charge in [0.25, 0.3) is 0 Å². The summed E-state index contributed by atoms with van der Waals surface area (Å²) < 4.78 is 38.5. The van der Waals surface area contributed by atoms with E-state index in [0.717, 1.165) is 0 Å². The molecule has 4 rings (SSSR count). The minimum absolute atomic E-state index is 0.0686. The molecule has 2 aromatic carbocycles. The molecule has 0 aliphatic carbocycles. The van der Waals surface area contributed by atoms with Crippen LogP contribution in [0.1, 0.15) is 23.2 Å². The maximum absolute atomic E-state index is 12.9. The molecule has 27 heavy (non-hydrogen) atoms. The lowest BCUT2D eigenvalue weighted by atomic mass is 9.89. The molecule has 0 N–H and O–H groups in total. The second-order valence-electron chi connectivity index (χ2n) is 6.79. The number of hydrogen-bond donors (Lipinski definition) is 0. The molecular weight excluding hydrogens is 390 g/mol. The summed E-state index contributed by atoms with van der Waals surface area (Å²) in [6.07, 6.45) is 0.594. The molecule has 1 fully saturated rings. The fourth-order valence-corrected chi connectivity index (χ4v) is 5.24. The van der Waals surface area contributed by atoms with E-state index in [-0.39, 0.29) is 23.6 Å². The van der Waals surface area contributed by atoms with Crippen LogP contribution in [-0.2, 0) is 10.0 Å². The smallest absolute Gasteiger partial charge is 0.243 e. The molecule has 8 heteroatoms. The van der Waals surface area contributed by atoms with Gasteiger partial charge in [-0.2, -0.15) is 4.31 Å². The first-order valence-corrected chi connectivity index (χ1v) is 10.3. The number of ether oxygens (including phenoxy) is 2. The summed E-state index contributed by atoms with van der Waals surface area (Å²) in [5.74, 6) is 0.985. The molecular formula is C19H18ClNO5S. The predicted molar refractivity (Wildman–Crippen MR) is 100 cm³/mol. The third-order valence-electron chi connectivity index (χ3n) is 5.03. The summed E-state index contributed by atoms with van der Waals surface area (Å²) in [5.41, 5.74) is -0.364. The molecule has 1 atom stereocenters.